The van der Waals surface area contributed by atoms with E-state index in [-0.39, 0.29) is 0 Å². The molecule has 3 saturated heterocycles. The van der Waals surface area contributed by atoms with Gasteiger partial charge in [0.1, 0.15) is 0 Å². The first-order chi connectivity index (χ1) is 9.36. The maximum Gasteiger partial charge on any atom is 0.0855 e. The van der Waals surface area contributed by atoms with Crippen molar-refractivity contribution in [2.24, 2.45) is 5.92 Å². The number of likely N-dealkylation sites (N-methyl/N-ethyl adjacent to an activating group) is 1. The molecule has 3 unspecified atom stereocenters. The van der Waals surface area contributed by atoms with Crippen molar-refractivity contribution < 1.29 is 9.47 Å². The Hall–Kier alpha value is -0.160. The van der Waals surface area contributed by atoms with E-state index in [9.17, 15) is 0 Å². The maximum absolute atomic E-state index is 6.15. The van der Waals surface area contributed by atoms with E-state index in [2.05, 4.69) is 17.3 Å². The lowest BCUT2D eigenvalue weighted by Crippen LogP contribution is -2.54. The molecule has 1 N–H and O–H groups in total. The van der Waals surface area contributed by atoms with Crippen molar-refractivity contribution in [3.8, 4) is 0 Å². The quantitative estimate of drug-likeness (QED) is 0.832. The second-order valence-electron chi connectivity index (χ2n) is 6.35. The van der Waals surface area contributed by atoms with Gasteiger partial charge in [-0.05, 0) is 51.6 Å². The highest BCUT2D eigenvalue weighted by molar-refractivity contribution is 4.90. The van der Waals surface area contributed by atoms with E-state index >= 15 is 0 Å². The first kappa shape index (κ1) is 13.8. The molecule has 0 aromatic rings. The van der Waals surface area contributed by atoms with Crippen molar-refractivity contribution in [1.29, 1.82) is 0 Å². The second kappa shape index (κ2) is 6.53. The van der Waals surface area contributed by atoms with E-state index in [0.717, 1.165) is 32.3 Å². The fourth-order valence-electron chi connectivity index (χ4n) is 3.88. The summed E-state index contributed by atoms with van der Waals surface area (Å²) in [5, 5.41) is 3.51. The van der Waals surface area contributed by atoms with Gasteiger partial charge in [-0.2, -0.15) is 0 Å². The van der Waals surface area contributed by atoms with E-state index in [4.69, 9.17) is 9.47 Å². The lowest BCUT2D eigenvalue weighted by atomic mass is 9.90. The predicted octanol–water partition coefficient (Wildman–Crippen LogP) is 1.25. The van der Waals surface area contributed by atoms with Gasteiger partial charge in [-0.3, -0.25) is 4.90 Å². The Morgan fingerprint density at radius 2 is 2.11 bits per heavy atom. The van der Waals surface area contributed by atoms with Crippen molar-refractivity contribution in [3.05, 3.63) is 0 Å². The fraction of sp³-hybridized carbons (Fsp3) is 1.00. The van der Waals surface area contributed by atoms with Crippen molar-refractivity contribution >= 4 is 0 Å². The molecule has 0 spiro atoms. The standard InChI is InChI=1S/C15H28N2O2/c1-16-14(9-12-4-7-18-8-5-12)15-10-17-6-2-3-13(17)11-19-15/h12-16H,2-11H2,1H3. The molecule has 3 heterocycles. The molecule has 4 nitrogen and oxygen atoms in total. The van der Waals surface area contributed by atoms with Crippen LogP contribution in [0.25, 0.3) is 0 Å². The smallest absolute Gasteiger partial charge is 0.0855 e. The van der Waals surface area contributed by atoms with Gasteiger partial charge in [-0.15, -0.1) is 0 Å². The van der Waals surface area contributed by atoms with Crippen LogP contribution in [0.2, 0.25) is 0 Å². The zero-order chi connectivity index (χ0) is 13.1. The monoisotopic (exact) mass is 268 g/mol. The summed E-state index contributed by atoms with van der Waals surface area (Å²) in [7, 11) is 2.09. The van der Waals surface area contributed by atoms with Crippen LogP contribution in [0.15, 0.2) is 0 Å². The van der Waals surface area contributed by atoms with Gasteiger partial charge < -0.3 is 14.8 Å². The highest BCUT2D eigenvalue weighted by Gasteiger charge is 2.36. The summed E-state index contributed by atoms with van der Waals surface area (Å²) in [6, 6.07) is 1.21. The lowest BCUT2D eigenvalue weighted by Gasteiger charge is -2.40. The van der Waals surface area contributed by atoms with Crippen molar-refractivity contribution in [3.63, 3.8) is 0 Å². The molecule has 110 valence electrons. The Kier molecular flexibility index (Phi) is 4.74. The normalized spacial score (nSPS) is 35.2. The van der Waals surface area contributed by atoms with Gasteiger partial charge in [0.25, 0.3) is 0 Å². The Bertz CT molecular complexity index is 281. The van der Waals surface area contributed by atoms with Gasteiger partial charge in [0.15, 0.2) is 0 Å². The van der Waals surface area contributed by atoms with Gasteiger partial charge in [-0.25, -0.2) is 0 Å². The molecule has 0 aliphatic carbocycles. The zero-order valence-corrected chi connectivity index (χ0v) is 12.1. The molecule has 0 aromatic heterocycles. The maximum atomic E-state index is 6.15. The minimum atomic E-state index is 0.377. The number of nitrogens with zero attached hydrogens (tertiary/aromatic N) is 1. The summed E-state index contributed by atoms with van der Waals surface area (Å²) < 4.78 is 11.6. The van der Waals surface area contributed by atoms with Crippen LogP contribution in [0.3, 0.4) is 0 Å². The lowest BCUT2D eigenvalue weighted by molar-refractivity contribution is -0.0688. The SMILES string of the molecule is CNC(CC1CCOCC1)C1CN2CCCC2CO1. The molecule has 0 radical (unpaired) electrons. The number of morpholine rings is 1. The Morgan fingerprint density at radius 3 is 2.89 bits per heavy atom. The van der Waals surface area contributed by atoms with Crippen LogP contribution >= 0.6 is 0 Å². The average molecular weight is 268 g/mol. The van der Waals surface area contributed by atoms with E-state index in [1.807, 2.05) is 0 Å². The Morgan fingerprint density at radius 1 is 1.26 bits per heavy atom. The topological polar surface area (TPSA) is 33.7 Å². The third kappa shape index (κ3) is 3.30. The number of hydrogen-bond donors (Lipinski definition) is 1. The molecular formula is C15H28N2O2. The Labute approximate surface area is 116 Å². The van der Waals surface area contributed by atoms with Gasteiger partial charge in [-0.1, -0.05) is 0 Å². The van der Waals surface area contributed by atoms with E-state index in [0.29, 0.717) is 18.2 Å². The van der Waals surface area contributed by atoms with Crippen molar-refractivity contribution in [2.45, 2.75) is 50.3 Å². The number of nitrogens with one attached hydrogen (secondary N) is 1. The van der Waals surface area contributed by atoms with Crippen LogP contribution in [0.5, 0.6) is 0 Å². The third-order valence-electron chi connectivity index (χ3n) is 5.16. The van der Waals surface area contributed by atoms with Crippen LogP contribution < -0.4 is 5.32 Å². The molecule has 3 aliphatic rings. The average Bonchev–Trinajstić information content (AvgIpc) is 2.93. The van der Waals surface area contributed by atoms with Gasteiger partial charge in [0.2, 0.25) is 0 Å². The van der Waals surface area contributed by atoms with E-state index in [1.54, 1.807) is 0 Å². The second-order valence-corrected chi connectivity index (χ2v) is 6.35. The van der Waals surface area contributed by atoms with Crippen molar-refractivity contribution in [2.75, 3.05) is 40.0 Å². The molecule has 0 aromatic carbocycles. The third-order valence-corrected chi connectivity index (χ3v) is 5.16. The van der Waals surface area contributed by atoms with Gasteiger partial charge in [0, 0.05) is 31.8 Å². The molecule has 0 saturated carbocycles. The molecule has 3 atom stereocenters. The predicted molar refractivity (Wildman–Crippen MR) is 75.3 cm³/mol. The molecule has 4 heteroatoms. The highest BCUT2D eigenvalue weighted by atomic mass is 16.5. The Balaban J connectivity index is 1.52. The summed E-state index contributed by atoms with van der Waals surface area (Å²) in [5.74, 6) is 0.811. The number of hydrogen-bond acceptors (Lipinski definition) is 4. The van der Waals surface area contributed by atoms with Gasteiger partial charge >= 0.3 is 0 Å². The molecule has 19 heavy (non-hydrogen) atoms. The molecule has 3 rings (SSSR count). The largest absolute Gasteiger partial charge is 0.381 e. The molecule has 0 bridgehead atoms. The van der Waals surface area contributed by atoms with Crippen molar-refractivity contribution in [1.82, 2.24) is 10.2 Å². The number of ether oxygens (including phenoxy) is 2. The summed E-state index contributed by atoms with van der Waals surface area (Å²) >= 11 is 0. The van der Waals surface area contributed by atoms with Gasteiger partial charge in [0.05, 0.1) is 12.7 Å². The van der Waals surface area contributed by atoms with Crippen LogP contribution in [0, 0.1) is 5.92 Å². The first-order valence-electron chi connectivity index (χ1n) is 7.97. The molecule has 3 fully saturated rings. The summed E-state index contributed by atoms with van der Waals surface area (Å²) in [5.41, 5.74) is 0. The molecular weight excluding hydrogens is 240 g/mol. The number of fused-ring (bicyclic) bond motifs is 1. The highest BCUT2D eigenvalue weighted by Crippen LogP contribution is 2.27. The van der Waals surface area contributed by atoms with Crippen LogP contribution in [0.4, 0.5) is 0 Å². The number of rotatable bonds is 4. The molecule has 0 amide bonds. The zero-order valence-electron chi connectivity index (χ0n) is 12.1. The minimum Gasteiger partial charge on any atom is -0.381 e. The molecule has 3 aliphatic heterocycles. The summed E-state index contributed by atoms with van der Waals surface area (Å²) in [4.78, 5) is 2.64. The minimum absolute atomic E-state index is 0.377. The van der Waals surface area contributed by atoms with E-state index in [1.165, 1.54) is 38.6 Å². The summed E-state index contributed by atoms with van der Waals surface area (Å²) in [6.07, 6.45) is 6.74. The first-order valence-corrected chi connectivity index (χ1v) is 7.97. The van der Waals surface area contributed by atoms with Crippen LogP contribution in [0.1, 0.15) is 32.1 Å². The fourth-order valence-corrected chi connectivity index (χ4v) is 3.88. The summed E-state index contributed by atoms with van der Waals surface area (Å²) in [6.45, 7) is 5.23. The van der Waals surface area contributed by atoms with Crippen LogP contribution in [-0.2, 0) is 9.47 Å². The van der Waals surface area contributed by atoms with Crippen LogP contribution in [-0.4, -0.2) is 63.0 Å². The van der Waals surface area contributed by atoms with E-state index < -0.39 is 0 Å².